The monoisotopic (exact) mass is 369 g/mol. The number of rotatable bonds is 6. The Kier molecular flexibility index (Phi) is 6.73. The molecule has 0 saturated carbocycles. The molecular weight excluding hydrogens is 342 g/mol. The Labute approximate surface area is 149 Å². The number of anilines is 1. The molecule has 0 unspecified atom stereocenters. The molecule has 0 fully saturated rings. The summed E-state index contributed by atoms with van der Waals surface area (Å²) in [5.74, 6) is -0.818. The van der Waals surface area contributed by atoms with Crippen LogP contribution >= 0.6 is 0 Å². The second-order valence-corrected chi connectivity index (χ2v) is 8.98. The lowest BCUT2D eigenvalue weighted by molar-refractivity contribution is -0.126. The number of nitrogens with one attached hydrogen (secondary N) is 3. The maximum absolute atomic E-state index is 12.4. The van der Waals surface area contributed by atoms with Crippen molar-refractivity contribution in [2.75, 3.05) is 5.32 Å². The molecular formula is C17H27N3O4S. The molecule has 1 aromatic carbocycles. The molecule has 0 saturated heterocycles. The Hall–Kier alpha value is -1.93. The Morgan fingerprint density at radius 2 is 1.72 bits per heavy atom. The summed E-state index contributed by atoms with van der Waals surface area (Å²) in [5, 5.41) is 5.25. The molecule has 25 heavy (non-hydrogen) atoms. The molecule has 0 heterocycles. The van der Waals surface area contributed by atoms with Crippen LogP contribution in [0.5, 0.6) is 0 Å². The van der Waals surface area contributed by atoms with Crippen LogP contribution in [0.15, 0.2) is 29.2 Å². The zero-order valence-electron chi connectivity index (χ0n) is 15.5. The fourth-order valence-corrected chi connectivity index (χ4v) is 3.64. The highest BCUT2D eigenvalue weighted by Gasteiger charge is 2.25. The quantitative estimate of drug-likeness (QED) is 0.712. The van der Waals surface area contributed by atoms with Gasteiger partial charge in [-0.15, -0.1) is 0 Å². The van der Waals surface area contributed by atoms with Gasteiger partial charge < -0.3 is 10.6 Å². The number of benzene rings is 1. The second kappa shape index (κ2) is 7.97. The first-order valence-electron chi connectivity index (χ1n) is 8.04. The van der Waals surface area contributed by atoms with Crippen molar-refractivity contribution < 1.29 is 18.0 Å². The zero-order chi connectivity index (χ0) is 19.4. The van der Waals surface area contributed by atoms with Crippen LogP contribution in [0.3, 0.4) is 0 Å². The van der Waals surface area contributed by atoms with Crippen molar-refractivity contribution in [3.63, 3.8) is 0 Å². The van der Waals surface area contributed by atoms with Crippen molar-refractivity contribution in [2.45, 2.75) is 58.0 Å². The highest BCUT2D eigenvalue weighted by atomic mass is 32.2. The molecule has 0 aromatic heterocycles. The van der Waals surface area contributed by atoms with E-state index in [0.717, 1.165) is 0 Å². The number of sulfonamides is 1. The first-order chi connectivity index (χ1) is 11.3. The van der Waals surface area contributed by atoms with Gasteiger partial charge in [0.1, 0.15) is 6.04 Å². The van der Waals surface area contributed by atoms with Gasteiger partial charge >= 0.3 is 0 Å². The minimum absolute atomic E-state index is 0.0563. The number of amides is 2. The van der Waals surface area contributed by atoms with Gasteiger partial charge in [-0.05, 0) is 44.9 Å². The topological polar surface area (TPSA) is 104 Å². The molecule has 0 radical (unpaired) electrons. The molecule has 3 N–H and O–H groups in total. The summed E-state index contributed by atoms with van der Waals surface area (Å²) in [6.07, 6.45) is 0. The SMILES string of the molecule is CC(=O)N[C@H](C(=O)Nc1cccc(S(=O)(=O)NC(C)(C)C)c1)C(C)C. The molecule has 140 valence electrons. The van der Waals surface area contributed by atoms with Crippen LogP contribution in [0.2, 0.25) is 0 Å². The van der Waals surface area contributed by atoms with E-state index in [1.54, 1.807) is 32.9 Å². The van der Waals surface area contributed by atoms with E-state index in [1.807, 2.05) is 13.8 Å². The van der Waals surface area contributed by atoms with Crippen molar-refractivity contribution in [3.05, 3.63) is 24.3 Å². The molecule has 0 bridgehead atoms. The fraction of sp³-hybridized carbons (Fsp3) is 0.529. The lowest BCUT2D eigenvalue weighted by Crippen LogP contribution is -2.46. The minimum atomic E-state index is -3.70. The Balaban J connectivity index is 3.02. The molecule has 1 aromatic rings. The van der Waals surface area contributed by atoms with Crippen LogP contribution in [0.4, 0.5) is 5.69 Å². The third-order valence-electron chi connectivity index (χ3n) is 3.16. The smallest absolute Gasteiger partial charge is 0.247 e. The van der Waals surface area contributed by atoms with E-state index in [0.29, 0.717) is 5.69 Å². The van der Waals surface area contributed by atoms with Gasteiger partial charge in [-0.3, -0.25) is 9.59 Å². The van der Waals surface area contributed by atoms with E-state index in [-0.39, 0.29) is 16.7 Å². The molecule has 2 amide bonds. The third-order valence-corrected chi connectivity index (χ3v) is 4.92. The van der Waals surface area contributed by atoms with E-state index >= 15 is 0 Å². The lowest BCUT2D eigenvalue weighted by Gasteiger charge is -2.22. The van der Waals surface area contributed by atoms with Crippen LogP contribution in [0.25, 0.3) is 0 Å². The van der Waals surface area contributed by atoms with Crippen LogP contribution in [-0.4, -0.2) is 31.8 Å². The summed E-state index contributed by atoms with van der Waals surface area (Å²) >= 11 is 0. The number of carbonyl (C=O) groups excluding carboxylic acids is 2. The van der Waals surface area contributed by atoms with Gasteiger partial charge in [-0.1, -0.05) is 19.9 Å². The van der Waals surface area contributed by atoms with Crippen molar-refractivity contribution in [1.29, 1.82) is 0 Å². The van der Waals surface area contributed by atoms with E-state index in [4.69, 9.17) is 0 Å². The summed E-state index contributed by atoms with van der Waals surface area (Å²) < 4.78 is 27.3. The lowest BCUT2D eigenvalue weighted by atomic mass is 10.0. The highest BCUT2D eigenvalue weighted by molar-refractivity contribution is 7.89. The predicted octanol–water partition coefficient (Wildman–Crippen LogP) is 1.86. The number of carbonyl (C=O) groups is 2. The van der Waals surface area contributed by atoms with Crippen molar-refractivity contribution in [1.82, 2.24) is 10.0 Å². The Morgan fingerprint density at radius 1 is 1.12 bits per heavy atom. The Bertz CT molecular complexity index is 737. The van der Waals surface area contributed by atoms with Crippen LogP contribution in [-0.2, 0) is 19.6 Å². The zero-order valence-corrected chi connectivity index (χ0v) is 16.3. The predicted molar refractivity (Wildman–Crippen MR) is 97.6 cm³/mol. The van der Waals surface area contributed by atoms with Crippen LogP contribution in [0, 0.1) is 5.92 Å². The number of hydrogen-bond donors (Lipinski definition) is 3. The van der Waals surface area contributed by atoms with E-state index < -0.39 is 27.5 Å². The van der Waals surface area contributed by atoms with Crippen molar-refractivity contribution >= 4 is 27.5 Å². The standard InChI is InChI=1S/C17H27N3O4S/c1-11(2)15(18-12(3)21)16(22)19-13-8-7-9-14(10-13)25(23,24)20-17(4,5)6/h7-11,15,20H,1-6H3,(H,18,21)(H,19,22)/t15-/m0/s1. The summed E-state index contributed by atoms with van der Waals surface area (Å²) in [5.41, 5.74) is -0.274. The third kappa shape index (κ3) is 6.83. The average molecular weight is 369 g/mol. The average Bonchev–Trinajstić information content (AvgIpc) is 2.42. The van der Waals surface area contributed by atoms with Gasteiger partial charge in [0.05, 0.1) is 4.90 Å². The molecule has 8 heteroatoms. The number of hydrogen-bond acceptors (Lipinski definition) is 4. The summed E-state index contributed by atoms with van der Waals surface area (Å²) in [6, 6.07) is 5.29. The van der Waals surface area contributed by atoms with Gasteiger partial charge in [0.25, 0.3) is 0 Å². The normalized spacial score (nSPS) is 13.4. The van der Waals surface area contributed by atoms with Crippen molar-refractivity contribution in [3.8, 4) is 0 Å². The largest absolute Gasteiger partial charge is 0.344 e. The maximum atomic E-state index is 12.4. The molecule has 1 atom stereocenters. The summed E-state index contributed by atoms with van der Waals surface area (Å²) in [7, 11) is -3.70. The van der Waals surface area contributed by atoms with Gasteiger partial charge in [-0.2, -0.15) is 0 Å². The summed E-state index contributed by atoms with van der Waals surface area (Å²) in [6.45, 7) is 10.2. The van der Waals surface area contributed by atoms with Gasteiger partial charge in [0.2, 0.25) is 21.8 Å². The second-order valence-electron chi connectivity index (χ2n) is 7.29. The fourth-order valence-electron chi connectivity index (χ4n) is 2.18. The molecule has 0 aliphatic heterocycles. The van der Waals surface area contributed by atoms with Gasteiger partial charge in [-0.25, -0.2) is 13.1 Å². The van der Waals surface area contributed by atoms with Crippen LogP contribution in [0.1, 0.15) is 41.5 Å². The van der Waals surface area contributed by atoms with Gasteiger partial charge in [0, 0.05) is 18.2 Å². The van der Waals surface area contributed by atoms with E-state index in [1.165, 1.54) is 19.1 Å². The van der Waals surface area contributed by atoms with Gasteiger partial charge in [0.15, 0.2) is 0 Å². The van der Waals surface area contributed by atoms with E-state index in [2.05, 4.69) is 15.4 Å². The van der Waals surface area contributed by atoms with E-state index in [9.17, 15) is 18.0 Å². The summed E-state index contributed by atoms with van der Waals surface area (Å²) in [4.78, 5) is 23.7. The molecule has 0 aliphatic rings. The molecule has 0 spiro atoms. The Morgan fingerprint density at radius 3 is 2.20 bits per heavy atom. The highest BCUT2D eigenvalue weighted by Crippen LogP contribution is 2.18. The molecule has 0 aliphatic carbocycles. The molecule has 7 nitrogen and oxygen atoms in total. The first kappa shape index (κ1) is 21.1. The molecule has 1 rings (SSSR count). The first-order valence-corrected chi connectivity index (χ1v) is 9.52. The maximum Gasteiger partial charge on any atom is 0.247 e. The van der Waals surface area contributed by atoms with Crippen molar-refractivity contribution in [2.24, 2.45) is 5.92 Å². The van der Waals surface area contributed by atoms with Crippen LogP contribution < -0.4 is 15.4 Å². The minimum Gasteiger partial charge on any atom is -0.344 e.